The highest BCUT2D eigenvalue weighted by Gasteiger charge is 2.53. The maximum atomic E-state index is 13.4. The number of likely N-dealkylation sites (N-methyl/N-ethyl adjacent to an activating group) is 1. The summed E-state index contributed by atoms with van der Waals surface area (Å²) in [5, 5.41) is 23.2. The summed E-state index contributed by atoms with van der Waals surface area (Å²) in [5.41, 5.74) is -1.50. The van der Waals surface area contributed by atoms with Crippen molar-refractivity contribution in [3.63, 3.8) is 0 Å². The minimum atomic E-state index is -1.50. The van der Waals surface area contributed by atoms with E-state index in [-0.39, 0.29) is 37.3 Å². The van der Waals surface area contributed by atoms with Gasteiger partial charge in [0.2, 0.25) is 0 Å². The Morgan fingerprint density at radius 1 is 0.964 bits per heavy atom. The number of cyclic esters (lactones) is 1. The van der Waals surface area contributed by atoms with Crippen molar-refractivity contribution >= 4 is 30.0 Å². The van der Waals surface area contributed by atoms with Crippen molar-refractivity contribution in [1.29, 1.82) is 0 Å². The molecule has 1 unspecified atom stereocenters. The highest BCUT2D eigenvalue weighted by molar-refractivity contribution is 5.91. The van der Waals surface area contributed by atoms with Crippen LogP contribution in [-0.4, -0.2) is 158 Å². The smallest absolute Gasteiger partial charge is 0.309 e. The third kappa shape index (κ3) is 11.9. The second-order valence-electron chi connectivity index (χ2n) is 16.0. The Labute approximate surface area is 328 Å². The number of rotatable bonds is 10. The summed E-state index contributed by atoms with van der Waals surface area (Å²) in [5.74, 6) is -3.54. The molecule has 0 spiro atoms. The average molecular weight is 800 g/mol. The number of allylic oxidation sites excluding steroid dienone is 1. The number of ether oxygens (including phenoxy) is 9. The van der Waals surface area contributed by atoms with Gasteiger partial charge in [0.25, 0.3) is 0 Å². The summed E-state index contributed by atoms with van der Waals surface area (Å²) < 4.78 is 53.6. The topological polar surface area (TPSA) is 215 Å². The van der Waals surface area contributed by atoms with Gasteiger partial charge in [-0.2, -0.15) is 0 Å². The Morgan fingerprint density at radius 2 is 1.64 bits per heavy atom. The second kappa shape index (κ2) is 19.7. The summed E-state index contributed by atoms with van der Waals surface area (Å²) in [4.78, 5) is 64.8. The van der Waals surface area contributed by atoms with Gasteiger partial charge in [-0.15, -0.1) is 0 Å². The fraction of sp³-hybridized carbons (Fsp3) is 0.821. The number of carbonyl (C=O) groups is 5. The third-order valence-electron chi connectivity index (χ3n) is 10.9. The van der Waals surface area contributed by atoms with Gasteiger partial charge in [-0.25, -0.2) is 0 Å². The van der Waals surface area contributed by atoms with E-state index in [0.29, 0.717) is 12.7 Å². The maximum absolute atomic E-state index is 13.4. The predicted octanol–water partition coefficient (Wildman–Crippen LogP) is 1.41. The second-order valence-corrected chi connectivity index (χ2v) is 16.0. The van der Waals surface area contributed by atoms with Gasteiger partial charge in [-0.1, -0.05) is 6.92 Å². The van der Waals surface area contributed by atoms with Gasteiger partial charge in [0.05, 0.1) is 36.9 Å². The molecular formula is C39H61NO16. The lowest BCUT2D eigenvalue weighted by molar-refractivity contribution is -0.344. The first-order valence-corrected chi connectivity index (χ1v) is 19.3. The zero-order valence-electron chi connectivity index (χ0n) is 34.1. The van der Waals surface area contributed by atoms with Crippen LogP contribution < -0.4 is 0 Å². The summed E-state index contributed by atoms with van der Waals surface area (Å²) in [6.45, 7) is 10.8. The molecular weight excluding hydrogens is 738 g/mol. The molecule has 0 saturated carbocycles. The molecule has 318 valence electrons. The molecule has 3 fully saturated rings. The van der Waals surface area contributed by atoms with Crippen molar-refractivity contribution in [2.75, 3.05) is 21.2 Å². The van der Waals surface area contributed by atoms with Crippen molar-refractivity contribution in [1.82, 2.24) is 4.90 Å². The molecule has 56 heavy (non-hydrogen) atoms. The molecule has 17 heteroatoms. The normalized spacial score (nSPS) is 43.2. The zero-order chi connectivity index (χ0) is 41.6. The first-order chi connectivity index (χ1) is 26.3. The highest BCUT2D eigenvalue weighted by atomic mass is 16.7. The van der Waals surface area contributed by atoms with Crippen LogP contribution in [0.2, 0.25) is 0 Å². The fourth-order valence-corrected chi connectivity index (χ4v) is 8.17. The van der Waals surface area contributed by atoms with Crippen molar-refractivity contribution in [2.45, 2.75) is 172 Å². The fourth-order valence-electron chi connectivity index (χ4n) is 8.17. The molecule has 4 heterocycles. The van der Waals surface area contributed by atoms with Gasteiger partial charge in [0.15, 0.2) is 24.5 Å². The van der Waals surface area contributed by atoms with Crippen molar-refractivity contribution < 1.29 is 76.8 Å². The predicted molar refractivity (Wildman–Crippen MR) is 195 cm³/mol. The Bertz CT molecular complexity index is 1400. The number of methoxy groups -OCH3 is 1. The molecule has 0 amide bonds. The molecule has 0 radical (unpaired) electrons. The Hall–Kier alpha value is -2.87. The number of aldehydes is 1. The van der Waals surface area contributed by atoms with E-state index < -0.39 is 115 Å². The number of carbonyl (C=O) groups excluding carboxylic acids is 5. The monoisotopic (exact) mass is 799 g/mol. The van der Waals surface area contributed by atoms with Crippen LogP contribution in [0, 0.1) is 11.8 Å². The first-order valence-electron chi connectivity index (χ1n) is 19.3. The molecule has 0 aromatic heterocycles. The molecule has 4 rings (SSSR count). The van der Waals surface area contributed by atoms with E-state index in [0.717, 1.165) is 0 Å². The number of esters is 3. The van der Waals surface area contributed by atoms with Crippen molar-refractivity contribution in [2.24, 2.45) is 11.8 Å². The van der Waals surface area contributed by atoms with Gasteiger partial charge < -0.3 is 62.5 Å². The number of aliphatic hydroxyl groups is 2. The summed E-state index contributed by atoms with van der Waals surface area (Å²) in [7, 11) is 4.80. The van der Waals surface area contributed by atoms with E-state index in [1.807, 2.05) is 0 Å². The van der Waals surface area contributed by atoms with Gasteiger partial charge in [0.1, 0.15) is 48.5 Å². The molecule has 2 N–H and O–H groups in total. The standard InChI is InChI=1S/C39H61NO16/c1-19-15-25(13-14-41)35(36(48-10)29(52-23(5)42)17-30(45)49-20(2)16-28-27(54-28)12-11-26(19)44)56-38-33(46)32(40(8)9)34(21(3)51-38)55-31-18-39(7,47)37(22(4)50-31)53-24(6)43/h11-12,14,19-22,25,27-29,31-38,46-47H,13,15-18H2,1-10H3/b12-11+/t19-,20-,21-,22+,25+,27+,28+,29-,31+,32-,33-,34-,35+,36?,37+,38+,39-/m1/s1. The van der Waals surface area contributed by atoms with E-state index in [9.17, 15) is 34.2 Å². The number of aliphatic hydroxyl groups excluding tert-OH is 1. The molecule has 0 aromatic rings. The summed E-state index contributed by atoms with van der Waals surface area (Å²) >= 11 is 0. The Balaban J connectivity index is 1.67. The lowest BCUT2D eigenvalue weighted by Crippen LogP contribution is -2.66. The van der Waals surface area contributed by atoms with Crippen LogP contribution in [0.4, 0.5) is 0 Å². The van der Waals surface area contributed by atoms with Crippen LogP contribution in [0.15, 0.2) is 12.2 Å². The Morgan fingerprint density at radius 3 is 2.23 bits per heavy atom. The lowest BCUT2D eigenvalue weighted by atomic mass is 9.83. The van der Waals surface area contributed by atoms with Crippen LogP contribution in [0.25, 0.3) is 0 Å². The number of hydrogen-bond acceptors (Lipinski definition) is 17. The maximum Gasteiger partial charge on any atom is 0.309 e. The van der Waals surface area contributed by atoms with Crippen LogP contribution in [0.5, 0.6) is 0 Å². The summed E-state index contributed by atoms with van der Waals surface area (Å²) in [6.07, 6.45) is -8.14. The first kappa shape index (κ1) is 45.8. The molecule has 17 atom stereocenters. The van der Waals surface area contributed by atoms with E-state index in [4.69, 9.17) is 42.6 Å². The van der Waals surface area contributed by atoms with Crippen LogP contribution in [0.1, 0.15) is 80.6 Å². The quantitative estimate of drug-likeness (QED) is 0.138. The van der Waals surface area contributed by atoms with Crippen molar-refractivity contribution in [3.05, 3.63) is 12.2 Å². The van der Waals surface area contributed by atoms with E-state index in [1.54, 1.807) is 52.8 Å². The number of hydrogen-bond donors (Lipinski definition) is 2. The largest absolute Gasteiger partial charge is 0.462 e. The van der Waals surface area contributed by atoms with E-state index >= 15 is 0 Å². The van der Waals surface area contributed by atoms with Crippen LogP contribution in [-0.2, 0) is 66.6 Å². The Kier molecular flexibility index (Phi) is 16.1. The van der Waals surface area contributed by atoms with Gasteiger partial charge in [-0.3, -0.25) is 19.2 Å². The number of ketones is 1. The van der Waals surface area contributed by atoms with Crippen molar-refractivity contribution in [3.8, 4) is 0 Å². The third-order valence-corrected chi connectivity index (χ3v) is 10.9. The minimum absolute atomic E-state index is 0.0568. The number of fused-ring (bicyclic) bond motifs is 1. The molecule has 0 bridgehead atoms. The molecule has 3 saturated heterocycles. The zero-order valence-corrected chi connectivity index (χ0v) is 34.1. The SMILES string of the molecule is COC1[C@@H](O[C@@H]2O[C@H](C)[C@@H](O[C@H]3C[C@@](C)(O)[C@@H](OC(C)=O)[C@H](C)O3)[C@H](N(C)C)[C@H]2O)[C@@H](CC=O)C[C@@H](C)C(=O)/C=C/[C@@H]2O[C@H]2C[C@@H](C)OC(=O)C[C@H]1OC(C)=O. The summed E-state index contributed by atoms with van der Waals surface area (Å²) in [6, 6.07) is -0.796. The highest BCUT2D eigenvalue weighted by Crippen LogP contribution is 2.38. The van der Waals surface area contributed by atoms with Crippen LogP contribution in [0.3, 0.4) is 0 Å². The van der Waals surface area contributed by atoms with E-state index in [1.165, 1.54) is 34.0 Å². The lowest BCUT2D eigenvalue weighted by Gasteiger charge is -2.50. The molecule has 4 aliphatic rings. The molecule has 4 aliphatic heterocycles. The molecule has 0 aliphatic carbocycles. The van der Waals surface area contributed by atoms with E-state index in [2.05, 4.69) is 0 Å². The van der Waals surface area contributed by atoms with Gasteiger partial charge in [-0.05, 0) is 66.3 Å². The average Bonchev–Trinajstić information content (AvgIpc) is 3.82. The van der Waals surface area contributed by atoms with Gasteiger partial charge in [0, 0.05) is 46.1 Å². The van der Waals surface area contributed by atoms with Gasteiger partial charge >= 0.3 is 17.9 Å². The molecule has 0 aromatic carbocycles. The number of epoxide rings is 1. The molecule has 17 nitrogen and oxygen atoms in total. The minimum Gasteiger partial charge on any atom is -0.462 e. The van der Waals surface area contributed by atoms with Crippen LogP contribution >= 0.6 is 0 Å². The number of nitrogens with zero attached hydrogens (tertiary/aromatic N) is 1.